The average molecular weight is 166 g/mol. The van der Waals surface area contributed by atoms with E-state index in [9.17, 15) is 0 Å². The highest BCUT2D eigenvalue weighted by molar-refractivity contribution is 5.15. The molecule has 0 bridgehead atoms. The number of hydrogen-bond acceptors (Lipinski definition) is 3. The van der Waals surface area contributed by atoms with Crippen LogP contribution in [0.4, 0.5) is 0 Å². The lowest BCUT2D eigenvalue weighted by atomic mass is 10.2. The summed E-state index contributed by atoms with van der Waals surface area (Å²) >= 11 is 0. The Kier molecular flexibility index (Phi) is 2.76. The van der Waals surface area contributed by atoms with Crippen LogP contribution in [0.5, 0.6) is 0 Å². The molecule has 1 heterocycles. The van der Waals surface area contributed by atoms with Gasteiger partial charge in [-0.15, -0.1) is 0 Å². The highest BCUT2D eigenvalue weighted by Crippen LogP contribution is 2.10. The predicted octanol–water partition coefficient (Wildman–Crippen LogP) is 1.40. The van der Waals surface area contributed by atoms with Gasteiger partial charge in [0.1, 0.15) is 5.82 Å². The molecule has 0 fully saturated rings. The number of rotatable bonds is 2. The predicted molar refractivity (Wildman–Crippen MR) is 46.8 cm³/mol. The van der Waals surface area contributed by atoms with Crippen LogP contribution in [0.25, 0.3) is 0 Å². The molecule has 0 aliphatic rings. The fourth-order valence-corrected chi connectivity index (χ4v) is 0.931. The van der Waals surface area contributed by atoms with Crippen molar-refractivity contribution in [1.82, 2.24) is 9.97 Å². The summed E-state index contributed by atoms with van der Waals surface area (Å²) in [5, 5.41) is 8.93. The normalized spacial score (nSPS) is 10.8. The van der Waals surface area contributed by atoms with E-state index >= 15 is 0 Å². The molecule has 3 heteroatoms. The largest absolute Gasteiger partial charge is 0.390 e. The van der Waals surface area contributed by atoms with Gasteiger partial charge < -0.3 is 5.11 Å². The van der Waals surface area contributed by atoms with E-state index in [1.165, 1.54) is 0 Å². The van der Waals surface area contributed by atoms with E-state index in [1.807, 2.05) is 20.8 Å². The van der Waals surface area contributed by atoms with Gasteiger partial charge in [-0.1, -0.05) is 13.8 Å². The minimum absolute atomic E-state index is 0.00588. The second-order valence-corrected chi connectivity index (χ2v) is 3.17. The number of hydrogen-bond donors (Lipinski definition) is 1. The molecule has 66 valence electrons. The Morgan fingerprint density at radius 3 is 2.67 bits per heavy atom. The third-order valence-electron chi connectivity index (χ3n) is 1.76. The van der Waals surface area contributed by atoms with Crippen molar-refractivity contribution in [3.05, 3.63) is 23.3 Å². The average Bonchev–Trinajstić information content (AvgIpc) is 2.05. The van der Waals surface area contributed by atoms with Gasteiger partial charge in [0.25, 0.3) is 0 Å². The van der Waals surface area contributed by atoms with Crippen LogP contribution in [0.1, 0.15) is 36.8 Å². The fraction of sp³-hybridized carbons (Fsp3) is 0.556. The molecule has 0 radical (unpaired) electrons. The zero-order valence-electron chi connectivity index (χ0n) is 7.70. The highest BCUT2D eigenvalue weighted by atomic mass is 16.3. The zero-order chi connectivity index (χ0) is 9.14. The smallest absolute Gasteiger partial charge is 0.131 e. The molecular formula is C9H14N2O. The lowest BCUT2D eigenvalue weighted by Crippen LogP contribution is -2.03. The highest BCUT2D eigenvalue weighted by Gasteiger charge is 2.05. The molecule has 0 amide bonds. The second kappa shape index (κ2) is 3.63. The van der Waals surface area contributed by atoms with Crippen molar-refractivity contribution >= 4 is 0 Å². The summed E-state index contributed by atoms with van der Waals surface area (Å²) in [6, 6.07) is 0. The topological polar surface area (TPSA) is 46.0 Å². The van der Waals surface area contributed by atoms with Crippen molar-refractivity contribution in [1.29, 1.82) is 0 Å². The number of aryl methyl sites for hydroxylation is 1. The molecule has 0 spiro atoms. The lowest BCUT2D eigenvalue weighted by molar-refractivity contribution is 0.275. The monoisotopic (exact) mass is 166 g/mol. The molecule has 1 aromatic heterocycles. The Hall–Kier alpha value is -0.960. The molecule has 0 saturated carbocycles. The minimum Gasteiger partial charge on any atom is -0.390 e. The summed E-state index contributed by atoms with van der Waals surface area (Å²) < 4.78 is 0. The van der Waals surface area contributed by atoms with E-state index in [-0.39, 0.29) is 6.61 Å². The van der Waals surface area contributed by atoms with Crippen LogP contribution in [-0.4, -0.2) is 15.1 Å². The molecule has 0 unspecified atom stereocenters. The van der Waals surface area contributed by atoms with E-state index in [0.717, 1.165) is 17.1 Å². The molecule has 0 saturated heterocycles. The first-order valence-electron chi connectivity index (χ1n) is 4.08. The Morgan fingerprint density at radius 2 is 2.17 bits per heavy atom. The van der Waals surface area contributed by atoms with Crippen molar-refractivity contribution < 1.29 is 5.11 Å². The Bertz CT molecular complexity index is 271. The molecule has 1 aromatic rings. The first-order chi connectivity index (χ1) is 5.65. The number of aliphatic hydroxyl groups is 1. The molecule has 0 aromatic carbocycles. The summed E-state index contributed by atoms with van der Waals surface area (Å²) in [6.45, 7) is 5.96. The molecular weight excluding hydrogens is 152 g/mol. The zero-order valence-corrected chi connectivity index (χ0v) is 7.70. The number of nitrogens with zero attached hydrogens (tertiary/aromatic N) is 2. The molecule has 0 aliphatic carbocycles. The van der Waals surface area contributed by atoms with Crippen LogP contribution < -0.4 is 0 Å². The minimum atomic E-state index is -0.00588. The van der Waals surface area contributed by atoms with Crippen LogP contribution in [-0.2, 0) is 6.61 Å². The van der Waals surface area contributed by atoms with Crippen LogP contribution in [0.3, 0.4) is 0 Å². The number of aliphatic hydroxyl groups excluding tert-OH is 1. The molecule has 3 nitrogen and oxygen atoms in total. The molecule has 1 rings (SSSR count). The van der Waals surface area contributed by atoms with Crippen molar-refractivity contribution in [2.75, 3.05) is 0 Å². The van der Waals surface area contributed by atoms with E-state index in [2.05, 4.69) is 9.97 Å². The van der Waals surface area contributed by atoms with Gasteiger partial charge in [-0.2, -0.15) is 0 Å². The summed E-state index contributed by atoms with van der Waals surface area (Å²) in [4.78, 5) is 8.39. The Morgan fingerprint density at radius 1 is 1.50 bits per heavy atom. The molecule has 0 aliphatic heterocycles. The third-order valence-corrected chi connectivity index (χ3v) is 1.76. The maximum atomic E-state index is 8.93. The van der Waals surface area contributed by atoms with Crippen LogP contribution in [0.2, 0.25) is 0 Å². The summed E-state index contributed by atoms with van der Waals surface area (Å²) in [5.41, 5.74) is 1.68. The first kappa shape index (κ1) is 9.13. The Labute approximate surface area is 72.5 Å². The van der Waals surface area contributed by atoms with E-state index < -0.39 is 0 Å². The molecule has 12 heavy (non-hydrogen) atoms. The Balaban J connectivity index is 3.05. The van der Waals surface area contributed by atoms with Crippen molar-refractivity contribution in [2.24, 2.45) is 0 Å². The molecule has 1 N–H and O–H groups in total. The quantitative estimate of drug-likeness (QED) is 0.722. The van der Waals surface area contributed by atoms with Gasteiger partial charge in [-0.25, -0.2) is 9.97 Å². The van der Waals surface area contributed by atoms with Crippen LogP contribution in [0, 0.1) is 6.92 Å². The maximum Gasteiger partial charge on any atom is 0.131 e. The van der Waals surface area contributed by atoms with Gasteiger partial charge in [0.05, 0.1) is 12.3 Å². The van der Waals surface area contributed by atoms with Crippen LogP contribution in [0.15, 0.2) is 6.20 Å². The van der Waals surface area contributed by atoms with E-state index in [4.69, 9.17) is 5.11 Å². The van der Waals surface area contributed by atoms with E-state index in [1.54, 1.807) is 6.20 Å². The van der Waals surface area contributed by atoms with Crippen molar-refractivity contribution in [3.63, 3.8) is 0 Å². The fourth-order valence-electron chi connectivity index (χ4n) is 0.931. The summed E-state index contributed by atoms with van der Waals surface area (Å²) in [5.74, 6) is 1.11. The van der Waals surface area contributed by atoms with Gasteiger partial charge in [0.15, 0.2) is 0 Å². The summed E-state index contributed by atoms with van der Waals surface area (Å²) in [7, 11) is 0. The SMILES string of the molecule is Cc1cnc(C(C)C)nc1CO. The lowest BCUT2D eigenvalue weighted by Gasteiger charge is -2.06. The van der Waals surface area contributed by atoms with Gasteiger partial charge in [-0.3, -0.25) is 0 Å². The second-order valence-electron chi connectivity index (χ2n) is 3.17. The number of aromatic nitrogens is 2. The van der Waals surface area contributed by atoms with Gasteiger partial charge in [0.2, 0.25) is 0 Å². The first-order valence-corrected chi connectivity index (χ1v) is 4.08. The van der Waals surface area contributed by atoms with Gasteiger partial charge in [-0.05, 0) is 12.5 Å². The van der Waals surface area contributed by atoms with Gasteiger partial charge >= 0.3 is 0 Å². The van der Waals surface area contributed by atoms with Gasteiger partial charge in [0, 0.05) is 12.1 Å². The van der Waals surface area contributed by atoms with E-state index in [0.29, 0.717) is 5.92 Å². The van der Waals surface area contributed by atoms with Crippen molar-refractivity contribution in [3.8, 4) is 0 Å². The third kappa shape index (κ3) is 1.80. The van der Waals surface area contributed by atoms with Crippen molar-refractivity contribution in [2.45, 2.75) is 33.3 Å². The molecule has 0 atom stereocenters. The maximum absolute atomic E-state index is 8.93. The summed E-state index contributed by atoms with van der Waals surface area (Å²) in [6.07, 6.45) is 1.76. The standard InChI is InChI=1S/C9H14N2O/c1-6(2)9-10-4-7(3)8(5-12)11-9/h4,6,12H,5H2,1-3H3. The van der Waals surface area contributed by atoms with Crippen LogP contribution >= 0.6 is 0 Å².